The lowest BCUT2D eigenvalue weighted by molar-refractivity contribution is 0.0196. The molecule has 0 aliphatic carbocycles. The van der Waals surface area contributed by atoms with E-state index < -0.39 is 5.60 Å². The molecule has 2 aromatic rings. The van der Waals surface area contributed by atoms with Crippen molar-refractivity contribution in [1.29, 1.82) is 0 Å². The minimum Gasteiger partial charge on any atom is -0.465 e. The number of benzene rings is 1. The monoisotopic (exact) mass is 359 g/mol. The summed E-state index contributed by atoms with van der Waals surface area (Å²) in [6, 6.07) is 5.24. The number of nitrogens with zero attached hydrogens (tertiary/aromatic N) is 2. The lowest BCUT2D eigenvalue weighted by atomic mass is 9.98. The number of rotatable bonds is 2. The van der Waals surface area contributed by atoms with Gasteiger partial charge in [0.05, 0.1) is 23.7 Å². The van der Waals surface area contributed by atoms with Crippen molar-refractivity contribution in [1.82, 2.24) is 14.9 Å². The van der Waals surface area contributed by atoms with Crippen molar-refractivity contribution in [2.75, 3.05) is 20.2 Å². The highest BCUT2D eigenvalue weighted by atomic mass is 16.6. The highest BCUT2D eigenvalue weighted by Gasteiger charge is 2.29. The molecule has 0 bridgehead atoms. The Kier molecular flexibility index (Phi) is 4.89. The van der Waals surface area contributed by atoms with Crippen LogP contribution in [0.5, 0.6) is 0 Å². The first kappa shape index (κ1) is 18.2. The SMILES string of the molecule is COC(=O)c1ccc2nc(C3CCCN(C(=O)OC(C)(C)C)C3)[nH]c2c1. The number of ether oxygens (including phenoxy) is 2. The molecule has 7 heteroatoms. The molecule has 0 saturated carbocycles. The van der Waals surface area contributed by atoms with Crippen molar-refractivity contribution < 1.29 is 19.1 Å². The van der Waals surface area contributed by atoms with Gasteiger partial charge in [0.15, 0.2) is 0 Å². The molecular weight excluding hydrogens is 334 g/mol. The molecule has 7 nitrogen and oxygen atoms in total. The third-order valence-electron chi connectivity index (χ3n) is 4.38. The van der Waals surface area contributed by atoms with E-state index in [1.54, 1.807) is 23.1 Å². The largest absolute Gasteiger partial charge is 0.465 e. The Morgan fingerprint density at radius 1 is 1.31 bits per heavy atom. The smallest absolute Gasteiger partial charge is 0.410 e. The third-order valence-corrected chi connectivity index (χ3v) is 4.38. The van der Waals surface area contributed by atoms with Crippen molar-refractivity contribution in [3.8, 4) is 0 Å². The number of fused-ring (bicyclic) bond motifs is 1. The first-order chi connectivity index (χ1) is 12.3. The Bertz CT molecular complexity index is 822. The lowest BCUT2D eigenvalue weighted by Crippen LogP contribution is -2.42. The van der Waals surface area contributed by atoms with E-state index in [-0.39, 0.29) is 18.0 Å². The Morgan fingerprint density at radius 2 is 2.08 bits per heavy atom. The number of piperidine rings is 1. The van der Waals surface area contributed by atoms with Crippen LogP contribution in [0.2, 0.25) is 0 Å². The van der Waals surface area contributed by atoms with Crippen molar-refractivity contribution in [2.45, 2.75) is 45.1 Å². The van der Waals surface area contributed by atoms with Crippen molar-refractivity contribution >= 4 is 23.1 Å². The van der Waals surface area contributed by atoms with E-state index in [0.717, 1.165) is 29.7 Å². The van der Waals surface area contributed by atoms with Gasteiger partial charge < -0.3 is 19.4 Å². The minimum absolute atomic E-state index is 0.116. The van der Waals surface area contributed by atoms with E-state index in [9.17, 15) is 9.59 Å². The van der Waals surface area contributed by atoms with Crippen LogP contribution in [0.4, 0.5) is 4.79 Å². The summed E-state index contributed by atoms with van der Waals surface area (Å²) in [4.78, 5) is 33.7. The topological polar surface area (TPSA) is 84.5 Å². The number of methoxy groups -OCH3 is 1. The van der Waals surface area contributed by atoms with Gasteiger partial charge in [-0.1, -0.05) is 0 Å². The van der Waals surface area contributed by atoms with Crippen LogP contribution in [0.25, 0.3) is 11.0 Å². The van der Waals surface area contributed by atoms with Gasteiger partial charge in [-0.15, -0.1) is 0 Å². The zero-order valence-electron chi connectivity index (χ0n) is 15.7. The maximum Gasteiger partial charge on any atom is 0.410 e. The Labute approximate surface area is 152 Å². The summed E-state index contributed by atoms with van der Waals surface area (Å²) < 4.78 is 10.2. The second-order valence-electron chi connectivity index (χ2n) is 7.61. The molecule has 1 aromatic carbocycles. The fourth-order valence-electron chi connectivity index (χ4n) is 3.16. The van der Waals surface area contributed by atoms with Crippen LogP contribution in [0.1, 0.15) is 55.7 Å². The Hall–Kier alpha value is -2.57. The molecule has 0 spiro atoms. The van der Waals surface area contributed by atoms with Crippen LogP contribution >= 0.6 is 0 Å². The van der Waals surface area contributed by atoms with Gasteiger partial charge in [0.2, 0.25) is 0 Å². The molecule has 1 atom stereocenters. The quantitative estimate of drug-likeness (QED) is 0.830. The average molecular weight is 359 g/mol. The van der Waals surface area contributed by atoms with Gasteiger partial charge in [-0.3, -0.25) is 0 Å². The van der Waals surface area contributed by atoms with Crippen LogP contribution < -0.4 is 0 Å². The fourth-order valence-corrected chi connectivity index (χ4v) is 3.16. The van der Waals surface area contributed by atoms with Crippen molar-refractivity contribution in [3.05, 3.63) is 29.6 Å². The summed E-state index contributed by atoms with van der Waals surface area (Å²) >= 11 is 0. The van der Waals surface area contributed by atoms with Crippen molar-refractivity contribution in [2.24, 2.45) is 0 Å². The summed E-state index contributed by atoms with van der Waals surface area (Å²) in [5.41, 5.74) is 1.56. The predicted molar refractivity (Wildman–Crippen MR) is 97.2 cm³/mol. The van der Waals surface area contributed by atoms with Crippen LogP contribution in [0.15, 0.2) is 18.2 Å². The van der Waals surface area contributed by atoms with Crippen LogP contribution in [0.3, 0.4) is 0 Å². The van der Waals surface area contributed by atoms with Gasteiger partial charge >= 0.3 is 12.1 Å². The Morgan fingerprint density at radius 3 is 2.77 bits per heavy atom. The Balaban J connectivity index is 1.77. The van der Waals surface area contributed by atoms with Gasteiger partial charge in [-0.25, -0.2) is 14.6 Å². The summed E-state index contributed by atoms with van der Waals surface area (Å²) in [5.74, 6) is 0.567. The molecule has 0 radical (unpaired) electrons. The number of nitrogens with one attached hydrogen (secondary N) is 1. The molecule has 2 heterocycles. The minimum atomic E-state index is -0.506. The molecule has 1 aliphatic heterocycles. The molecule has 140 valence electrons. The van der Waals surface area contributed by atoms with Gasteiger partial charge in [-0.2, -0.15) is 0 Å². The number of hydrogen-bond donors (Lipinski definition) is 1. The highest BCUT2D eigenvalue weighted by Crippen LogP contribution is 2.28. The third kappa shape index (κ3) is 3.98. The van der Waals surface area contributed by atoms with E-state index in [2.05, 4.69) is 9.97 Å². The molecule has 1 N–H and O–H groups in total. The molecule has 3 rings (SSSR count). The first-order valence-electron chi connectivity index (χ1n) is 8.83. The number of carbonyl (C=O) groups excluding carboxylic acids is 2. The number of H-pyrrole nitrogens is 1. The van der Waals surface area contributed by atoms with E-state index in [1.165, 1.54) is 7.11 Å². The summed E-state index contributed by atoms with van der Waals surface area (Å²) in [6.07, 6.45) is 1.56. The van der Waals surface area contributed by atoms with E-state index in [4.69, 9.17) is 9.47 Å². The zero-order valence-corrected chi connectivity index (χ0v) is 15.7. The molecule has 1 saturated heterocycles. The normalized spacial score (nSPS) is 18.0. The van der Waals surface area contributed by atoms with Crippen LogP contribution in [-0.4, -0.2) is 52.7 Å². The number of aromatic nitrogens is 2. The summed E-state index contributed by atoms with van der Waals surface area (Å²) in [7, 11) is 1.36. The van der Waals surface area contributed by atoms with Gasteiger partial charge in [-0.05, 0) is 51.8 Å². The molecule has 1 fully saturated rings. The first-order valence-corrected chi connectivity index (χ1v) is 8.83. The predicted octanol–water partition coefficient (Wildman–Crippen LogP) is 3.46. The van der Waals surface area contributed by atoms with E-state index in [1.807, 2.05) is 20.8 Å². The number of amides is 1. The number of likely N-dealkylation sites (tertiary alicyclic amines) is 1. The van der Waals surface area contributed by atoms with Crippen molar-refractivity contribution in [3.63, 3.8) is 0 Å². The molecule has 1 aromatic heterocycles. The van der Waals surface area contributed by atoms with Gasteiger partial charge in [0, 0.05) is 19.0 Å². The number of aromatic amines is 1. The number of imidazole rings is 1. The number of esters is 1. The van der Waals surface area contributed by atoms with Gasteiger partial charge in [0.25, 0.3) is 0 Å². The molecule has 1 amide bonds. The second-order valence-corrected chi connectivity index (χ2v) is 7.61. The second kappa shape index (κ2) is 6.97. The number of carbonyl (C=O) groups is 2. The molecule has 26 heavy (non-hydrogen) atoms. The average Bonchev–Trinajstić information content (AvgIpc) is 3.03. The fraction of sp³-hybridized carbons (Fsp3) is 0.526. The highest BCUT2D eigenvalue weighted by molar-refractivity contribution is 5.93. The number of hydrogen-bond acceptors (Lipinski definition) is 5. The van der Waals surface area contributed by atoms with E-state index in [0.29, 0.717) is 18.7 Å². The lowest BCUT2D eigenvalue weighted by Gasteiger charge is -2.33. The van der Waals surface area contributed by atoms with Crippen LogP contribution in [-0.2, 0) is 9.47 Å². The maximum atomic E-state index is 12.3. The van der Waals surface area contributed by atoms with E-state index >= 15 is 0 Å². The molecule has 1 aliphatic rings. The maximum absolute atomic E-state index is 12.3. The molecular formula is C19H25N3O4. The van der Waals surface area contributed by atoms with Crippen LogP contribution in [0, 0.1) is 0 Å². The van der Waals surface area contributed by atoms with Gasteiger partial charge in [0.1, 0.15) is 11.4 Å². The standard InChI is InChI=1S/C19H25N3O4/c1-19(2,3)26-18(24)22-9-5-6-13(11-22)16-20-14-8-7-12(17(23)25-4)10-15(14)21-16/h7-8,10,13H,5-6,9,11H2,1-4H3,(H,20,21). The molecule has 1 unspecified atom stereocenters. The summed E-state index contributed by atoms with van der Waals surface area (Å²) in [6.45, 7) is 6.86. The zero-order chi connectivity index (χ0) is 18.9. The summed E-state index contributed by atoms with van der Waals surface area (Å²) in [5, 5.41) is 0.